The van der Waals surface area contributed by atoms with Crippen LogP contribution in [0.1, 0.15) is 16.9 Å². The van der Waals surface area contributed by atoms with E-state index >= 15 is 0 Å². The summed E-state index contributed by atoms with van der Waals surface area (Å²) in [5, 5.41) is 13.4. The van der Waals surface area contributed by atoms with E-state index in [4.69, 9.17) is 5.11 Å². The maximum Gasteiger partial charge on any atom is 0.303 e. The van der Waals surface area contributed by atoms with Crippen molar-refractivity contribution in [1.82, 2.24) is 0 Å². The molecule has 2 aromatic rings. The summed E-state index contributed by atoms with van der Waals surface area (Å²) in [5.41, 5.74) is 1.61. The quantitative estimate of drug-likeness (QED) is 0.859. The lowest BCUT2D eigenvalue weighted by Gasteiger charge is -2.06. The molecule has 0 unspecified atom stereocenters. The van der Waals surface area contributed by atoms with Gasteiger partial charge in [0.05, 0.1) is 6.42 Å². The van der Waals surface area contributed by atoms with Crippen molar-refractivity contribution >= 4 is 28.9 Å². The molecule has 0 aliphatic rings. The molecule has 4 nitrogen and oxygen atoms in total. The van der Waals surface area contributed by atoms with Crippen molar-refractivity contribution in [3.05, 3.63) is 52.2 Å². The van der Waals surface area contributed by atoms with Crippen LogP contribution in [0.4, 0.5) is 5.69 Å². The van der Waals surface area contributed by atoms with Crippen LogP contribution in [0.5, 0.6) is 0 Å². The number of carbonyl (C=O) groups excluding carboxylic acids is 1. The summed E-state index contributed by atoms with van der Waals surface area (Å²) in [4.78, 5) is 23.4. The standard InChI is InChI=1S/C15H15NO3S/c17-14(10-13-5-2-8-20-13)16-12-4-1-3-11(9-12)6-7-15(18)19/h1-5,8-9H,6-7,10H2,(H,16,17)(H,18,19). The highest BCUT2D eigenvalue weighted by Crippen LogP contribution is 2.14. The summed E-state index contributed by atoms with van der Waals surface area (Å²) >= 11 is 1.55. The van der Waals surface area contributed by atoms with Gasteiger partial charge in [0.25, 0.3) is 0 Å². The van der Waals surface area contributed by atoms with Gasteiger partial charge >= 0.3 is 5.97 Å². The number of hydrogen-bond donors (Lipinski definition) is 2. The first-order valence-electron chi connectivity index (χ1n) is 6.26. The number of aliphatic carboxylic acids is 1. The fourth-order valence-corrected chi connectivity index (χ4v) is 2.54. The molecule has 1 aromatic carbocycles. The van der Waals surface area contributed by atoms with Crippen molar-refractivity contribution in [2.45, 2.75) is 19.3 Å². The Balaban J connectivity index is 1.93. The minimum atomic E-state index is -0.822. The Labute approximate surface area is 121 Å². The maximum absolute atomic E-state index is 11.9. The zero-order valence-electron chi connectivity index (χ0n) is 10.8. The summed E-state index contributed by atoms with van der Waals surface area (Å²) in [5.74, 6) is -0.889. The van der Waals surface area contributed by atoms with Gasteiger partial charge in [-0.1, -0.05) is 18.2 Å². The van der Waals surface area contributed by atoms with Crippen LogP contribution in [0.15, 0.2) is 41.8 Å². The van der Waals surface area contributed by atoms with Crippen LogP contribution in [0.3, 0.4) is 0 Å². The van der Waals surface area contributed by atoms with E-state index in [1.54, 1.807) is 17.4 Å². The highest BCUT2D eigenvalue weighted by atomic mass is 32.1. The second-order valence-corrected chi connectivity index (χ2v) is 5.43. The van der Waals surface area contributed by atoms with Gasteiger partial charge in [-0.3, -0.25) is 9.59 Å². The Bertz CT molecular complexity index is 593. The van der Waals surface area contributed by atoms with Crippen LogP contribution in [-0.4, -0.2) is 17.0 Å². The monoisotopic (exact) mass is 289 g/mol. The zero-order valence-corrected chi connectivity index (χ0v) is 11.7. The van der Waals surface area contributed by atoms with Gasteiger partial charge in [-0.15, -0.1) is 11.3 Å². The topological polar surface area (TPSA) is 66.4 Å². The number of carboxylic acids is 1. The average molecular weight is 289 g/mol. The number of thiophene rings is 1. The maximum atomic E-state index is 11.9. The van der Waals surface area contributed by atoms with Crippen molar-refractivity contribution in [1.29, 1.82) is 0 Å². The van der Waals surface area contributed by atoms with Crippen molar-refractivity contribution in [2.75, 3.05) is 5.32 Å². The van der Waals surface area contributed by atoms with Gasteiger partial charge in [0.2, 0.25) is 5.91 Å². The molecular weight excluding hydrogens is 274 g/mol. The largest absolute Gasteiger partial charge is 0.481 e. The van der Waals surface area contributed by atoms with E-state index in [2.05, 4.69) is 5.32 Å². The first kappa shape index (κ1) is 14.3. The predicted octanol–water partition coefficient (Wildman–Crippen LogP) is 2.95. The van der Waals surface area contributed by atoms with Crippen molar-refractivity contribution in [3.63, 3.8) is 0 Å². The van der Waals surface area contributed by atoms with Crippen molar-refractivity contribution < 1.29 is 14.7 Å². The number of rotatable bonds is 6. The van der Waals surface area contributed by atoms with E-state index in [0.29, 0.717) is 18.5 Å². The highest BCUT2D eigenvalue weighted by molar-refractivity contribution is 7.10. The molecule has 0 atom stereocenters. The van der Waals surface area contributed by atoms with Crippen LogP contribution < -0.4 is 5.32 Å². The van der Waals surface area contributed by atoms with Crippen LogP contribution in [0, 0.1) is 0 Å². The normalized spacial score (nSPS) is 10.2. The van der Waals surface area contributed by atoms with E-state index in [1.807, 2.05) is 35.7 Å². The molecule has 5 heteroatoms. The number of carboxylic acid groups (broad SMARTS) is 1. The van der Waals surface area contributed by atoms with Gasteiger partial charge in [0, 0.05) is 17.0 Å². The van der Waals surface area contributed by atoms with E-state index in [1.165, 1.54) is 0 Å². The molecule has 0 bridgehead atoms. The van der Waals surface area contributed by atoms with E-state index in [-0.39, 0.29) is 12.3 Å². The molecule has 0 fully saturated rings. The summed E-state index contributed by atoms with van der Waals surface area (Å²) in [6.45, 7) is 0. The lowest BCUT2D eigenvalue weighted by Crippen LogP contribution is -2.13. The Kier molecular flexibility index (Phi) is 4.90. The first-order chi connectivity index (χ1) is 9.63. The molecule has 0 saturated heterocycles. The third-order valence-corrected chi connectivity index (χ3v) is 3.63. The Morgan fingerprint density at radius 2 is 2.05 bits per heavy atom. The van der Waals surface area contributed by atoms with E-state index in [0.717, 1.165) is 10.4 Å². The zero-order chi connectivity index (χ0) is 14.4. The third-order valence-electron chi connectivity index (χ3n) is 2.75. The van der Waals surface area contributed by atoms with Crippen molar-refractivity contribution in [2.24, 2.45) is 0 Å². The highest BCUT2D eigenvalue weighted by Gasteiger charge is 2.06. The number of aryl methyl sites for hydroxylation is 1. The minimum Gasteiger partial charge on any atom is -0.481 e. The van der Waals surface area contributed by atoms with Crippen LogP contribution >= 0.6 is 11.3 Å². The molecule has 0 saturated carbocycles. The number of hydrogen-bond acceptors (Lipinski definition) is 3. The fraction of sp³-hybridized carbons (Fsp3) is 0.200. The summed E-state index contributed by atoms with van der Waals surface area (Å²) in [6, 6.07) is 11.1. The third kappa shape index (κ3) is 4.51. The van der Waals surface area contributed by atoms with E-state index < -0.39 is 5.97 Å². The molecule has 0 aliphatic heterocycles. The molecular formula is C15H15NO3S. The Morgan fingerprint density at radius 1 is 1.20 bits per heavy atom. The Hall–Kier alpha value is -2.14. The molecule has 2 N–H and O–H groups in total. The molecule has 0 aliphatic carbocycles. The number of amides is 1. The van der Waals surface area contributed by atoms with Crippen molar-refractivity contribution in [3.8, 4) is 0 Å². The summed E-state index contributed by atoms with van der Waals surface area (Å²) < 4.78 is 0. The lowest BCUT2D eigenvalue weighted by atomic mass is 10.1. The van der Waals surface area contributed by atoms with Crippen LogP contribution in [-0.2, 0) is 22.4 Å². The second kappa shape index (κ2) is 6.86. The van der Waals surface area contributed by atoms with Gasteiger partial charge in [-0.05, 0) is 35.6 Å². The smallest absolute Gasteiger partial charge is 0.303 e. The van der Waals surface area contributed by atoms with Gasteiger partial charge in [0.1, 0.15) is 0 Å². The molecule has 1 amide bonds. The minimum absolute atomic E-state index is 0.0668. The SMILES string of the molecule is O=C(O)CCc1cccc(NC(=O)Cc2cccs2)c1. The predicted molar refractivity (Wildman–Crippen MR) is 79.1 cm³/mol. The fourth-order valence-electron chi connectivity index (χ4n) is 1.83. The van der Waals surface area contributed by atoms with Crippen LogP contribution in [0.2, 0.25) is 0 Å². The number of nitrogens with one attached hydrogen (secondary N) is 1. The lowest BCUT2D eigenvalue weighted by molar-refractivity contribution is -0.137. The molecule has 0 radical (unpaired) electrons. The number of carbonyl (C=O) groups is 2. The second-order valence-electron chi connectivity index (χ2n) is 4.40. The molecule has 0 spiro atoms. The molecule has 104 valence electrons. The summed E-state index contributed by atoms with van der Waals surface area (Å²) in [7, 11) is 0. The first-order valence-corrected chi connectivity index (χ1v) is 7.14. The number of anilines is 1. The molecule has 1 aromatic heterocycles. The summed E-state index contributed by atoms with van der Waals surface area (Å²) in [6.07, 6.45) is 0.910. The average Bonchev–Trinajstić information content (AvgIpc) is 2.89. The molecule has 2 rings (SSSR count). The van der Waals surface area contributed by atoms with Gasteiger partial charge < -0.3 is 10.4 Å². The van der Waals surface area contributed by atoms with Gasteiger partial charge in [-0.2, -0.15) is 0 Å². The molecule has 1 heterocycles. The van der Waals surface area contributed by atoms with Gasteiger partial charge in [0.15, 0.2) is 0 Å². The Morgan fingerprint density at radius 3 is 2.75 bits per heavy atom. The van der Waals surface area contributed by atoms with Crippen LogP contribution in [0.25, 0.3) is 0 Å². The number of benzene rings is 1. The van der Waals surface area contributed by atoms with Gasteiger partial charge in [-0.25, -0.2) is 0 Å². The van der Waals surface area contributed by atoms with E-state index in [9.17, 15) is 9.59 Å². The molecule has 20 heavy (non-hydrogen) atoms.